The third kappa shape index (κ3) is 4.17. The standard InChI is InChI=1S/C2H5INO2P2.Ga/c1-2(5)8(3,4)7-6;/h4,7H,1H3;/q-1;+1. The zero-order chi connectivity index (χ0) is 7.49. The second kappa shape index (κ2) is 4.52. The molecule has 0 spiro atoms. The van der Waals surface area contributed by atoms with Crippen LogP contribution < -0.4 is 0 Å². The number of hydrogen-bond donors (Lipinski definition) is 1. The van der Waals surface area contributed by atoms with E-state index < -0.39 is 4.39 Å². The van der Waals surface area contributed by atoms with Crippen molar-refractivity contribution in [1.29, 1.82) is 5.16 Å². The van der Waals surface area contributed by atoms with Crippen LogP contribution in [0.25, 0.3) is 0 Å². The maximum absolute atomic E-state index is 10.6. The summed E-state index contributed by atoms with van der Waals surface area (Å²) in [5.74, 6) is 0. The Morgan fingerprint density at radius 1 is 2.00 bits per heavy atom. The molecule has 0 saturated carbocycles. The monoisotopic (exact) mass is 333 g/mol. The summed E-state index contributed by atoms with van der Waals surface area (Å²) in [4.78, 5) is 10.6. The van der Waals surface area contributed by atoms with Gasteiger partial charge in [-0.1, -0.05) is 0 Å². The number of carbonyl (C=O) groups is 1. The van der Waals surface area contributed by atoms with Crippen molar-refractivity contribution in [2.24, 2.45) is 0 Å². The zero-order valence-corrected chi connectivity index (χ0v) is 11.2. The summed E-state index contributed by atoms with van der Waals surface area (Å²) in [5, 5.41) is 7.43. The summed E-state index contributed by atoms with van der Waals surface area (Å²) < 4.78 is 2.68. The van der Waals surface area contributed by atoms with E-state index >= 15 is 0 Å². The fourth-order valence-electron chi connectivity index (χ4n) is 0.137. The van der Waals surface area contributed by atoms with E-state index in [1.54, 1.807) is 0 Å². The number of hydrogen-bond acceptors (Lipinski definition) is 3. The Kier molecular flexibility index (Phi) is 5.35. The first-order valence-corrected chi connectivity index (χ1v) is 9.30. The fraction of sp³-hybridized carbons (Fsp3) is 0.500. The van der Waals surface area contributed by atoms with Crippen LogP contribution in [0.3, 0.4) is 0 Å². The van der Waals surface area contributed by atoms with Crippen molar-refractivity contribution >= 4 is 59.4 Å². The molecule has 9 heavy (non-hydrogen) atoms. The Balaban J connectivity index is 4.04. The van der Waals surface area contributed by atoms with Crippen LogP contribution in [-0.4, -0.2) is 24.5 Å². The predicted octanol–water partition coefficient (Wildman–Crippen LogP) is 2.27. The molecule has 50 valence electrons. The average molecular weight is 334 g/mol. The molecule has 0 aliphatic rings. The first-order chi connectivity index (χ1) is 4.00. The second-order valence-corrected chi connectivity index (χ2v) is 14.7. The Labute approximate surface area is 79.1 Å². The van der Waals surface area contributed by atoms with Crippen molar-refractivity contribution < 1.29 is 8.11 Å². The van der Waals surface area contributed by atoms with E-state index in [1.165, 1.54) is 6.92 Å². The predicted molar refractivity (Wildman–Crippen MR) is 49.5 cm³/mol. The summed E-state index contributed by atoms with van der Waals surface area (Å²) in [6.45, 7) is 1.45. The molecular weight excluding hydrogens is 329 g/mol. The van der Waals surface area contributed by atoms with Crippen LogP contribution in [0.15, 0.2) is 0 Å². The molecule has 0 rings (SSSR count). The minimum atomic E-state index is -2.11. The minimum absolute atomic E-state index is 0.0425. The van der Waals surface area contributed by atoms with E-state index in [0.29, 0.717) is 0 Å². The molecule has 0 aliphatic carbocycles. The van der Waals surface area contributed by atoms with Gasteiger partial charge in [0.15, 0.2) is 0 Å². The van der Waals surface area contributed by atoms with Gasteiger partial charge in [0.1, 0.15) is 0 Å². The number of carbonyl (C=O) groups excluding carboxylic acids is 1. The van der Waals surface area contributed by atoms with Crippen LogP contribution >= 0.6 is 34.9 Å². The molecule has 2 unspecified atom stereocenters. The molecule has 0 saturated heterocycles. The van der Waals surface area contributed by atoms with Gasteiger partial charge >= 0.3 is 79.6 Å². The van der Waals surface area contributed by atoms with Crippen molar-refractivity contribution in [3.63, 3.8) is 0 Å². The van der Waals surface area contributed by atoms with Crippen LogP contribution in [0.1, 0.15) is 6.92 Å². The summed E-state index contributed by atoms with van der Waals surface area (Å²) in [6, 6.07) is 0. The van der Waals surface area contributed by atoms with Gasteiger partial charge in [0.2, 0.25) is 0 Å². The third-order valence-electron chi connectivity index (χ3n) is 0.612. The van der Waals surface area contributed by atoms with Crippen molar-refractivity contribution in [1.82, 2.24) is 0 Å². The first kappa shape index (κ1) is 10.7. The third-order valence-corrected chi connectivity index (χ3v) is 9.65. The fourth-order valence-corrected chi connectivity index (χ4v) is 9.29. The molecule has 3 nitrogen and oxygen atoms in total. The SMILES string of the molecule is CC(=O)P(=N)(I)P[O][Ga]. The van der Waals surface area contributed by atoms with Crippen LogP contribution in [-0.2, 0) is 8.11 Å². The quantitative estimate of drug-likeness (QED) is 0.489. The summed E-state index contributed by atoms with van der Waals surface area (Å²) in [7, 11) is 0.0646. The normalized spacial score (nSPS) is 18.0. The molecule has 0 bridgehead atoms. The van der Waals surface area contributed by atoms with Gasteiger partial charge < -0.3 is 0 Å². The van der Waals surface area contributed by atoms with Crippen molar-refractivity contribution in [2.45, 2.75) is 6.92 Å². The zero-order valence-electron chi connectivity index (χ0n) is 4.72. The Bertz CT molecular complexity index is 163. The van der Waals surface area contributed by atoms with Gasteiger partial charge in [-0.3, -0.25) is 0 Å². The summed E-state index contributed by atoms with van der Waals surface area (Å²) >= 11 is 3.01. The van der Waals surface area contributed by atoms with E-state index in [9.17, 15) is 4.79 Å². The van der Waals surface area contributed by atoms with Crippen molar-refractivity contribution in [3.05, 3.63) is 0 Å². The molecular formula is C2H5GaINO2P2. The van der Waals surface area contributed by atoms with Crippen LogP contribution in [0.5, 0.6) is 0 Å². The molecule has 1 N–H and O–H groups in total. The maximum atomic E-state index is 10.6. The molecule has 0 amide bonds. The molecule has 7 heteroatoms. The van der Waals surface area contributed by atoms with Gasteiger partial charge in [0, 0.05) is 0 Å². The molecule has 0 aliphatic heterocycles. The van der Waals surface area contributed by atoms with E-state index in [1.807, 2.05) is 22.0 Å². The number of halogens is 1. The number of rotatable bonds is 3. The van der Waals surface area contributed by atoms with Gasteiger partial charge in [0.25, 0.3) is 0 Å². The van der Waals surface area contributed by atoms with Gasteiger partial charge in [-0.2, -0.15) is 0 Å². The van der Waals surface area contributed by atoms with E-state index in [2.05, 4.69) is 0 Å². The molecule has 2 atom stereocenters. The van der Waals surface area contributed by atoms with E-state index in [-0.39, 0.29) is 14.0 Å². The van der Waals surface area contributed by atoms with Crippen LogP contribution in [0.2, 0.25) is 0 Å². The Morgan fingerprint density at radius 3 is 2.56 bits per heavy atom. The topological polar surface area (TPSA) is 50.2 Å². The summed E-state index contributed by atoms with van der Waals surface area (Å²) in [6.07, 6.45) is 0. The van der Waals surface area contributed by atoms with Gasteiger partial charge in [-0.25, -0.2) is 0 Å². The van der Waals surface area contributed by atoms with Crippen molar-refractivity contribution in [3.8, 4) is 0 Å². The van der Waals surface area contributed by atoms with Crippen molar-refractivity contribution in [2.75, 3.05) is 0 Å². The van der Waals surface area contributed by atoms with Gasteiger partial charge in [-0.15, -0.1) is 0 Å². The Hall–Kier alpha value is 1.66. The molecule has 0 aromatic heterocycles. The molecule has 0 aromatic rings. The molecule has 0 aromatic carbocycles. The van der Waals surface area contributed by atoms with E-state index in [4.69, 9.17) is 8.48 Å². The Morgan fingerprint density at radius 2 is 2.44 bits per heavy atom. The number of nitrogens with one attached hydrogen (secondary N) is 1. The summed E-state index contributed by atoms with van der Waals surface area (Å²) in [5.41, 5.74) is -0.0425. The molecule has 0 fully saturated rings. The molecule has 2 radical (unpaired) electrons. The van der Waals surface area contributed by atoms with Gasteiger partial charge in [0.05, 0.1) is 0 Å². The second-order valence-electron chi connectivity index (χ2n) is 1.32. The average Bonchev–Trinajstić information content (AvgIpc) is 1.65. The first-order valence-electron chi connectivity index (χ1n) is 1.98. The van der Waals surface area contributed by atoms with Gasteiger partial charge in [-0.05, 0) is 0 Å². The van der Waals surface area contributed by atoms with E-state index in [0.717, 1.165) is 19.0 Å². The van der Waals surface area contributed by atoms with Crippen LogP contribution in [0, 0.1) is 5.16 Å². The van der Waals surface area contributed by atoms with Crippen LogP contribution in [0.4, 0.5) is 0 Å². The molecule has 0 heterocycles.